The van der Waals surface area contributed by atoms with Crippen LogP contribution >= 0.6 is 0 Å². The zero-order valence-corrected chi connectivity index (χ0v) is 15.7. The number of rotatable bonds is 5. The van der Waals surface area contributed by atoms with Gasteiger partial charge in [0.2, 0.25) is 0 Å². The molecular formula is C20H30N2O3. The standard InChI is InChI=1S/C20H30N2O3/c1-14-8-18(15(2)25-14)19(23)22-7-6-20(13-22)12-21(9-16-4-5-16)10-17(20)11-24-3/h8,16-17H,4-7,9-13H2,1-3H3/t17-,20+/m0/s1. The minimum atomic E-state index is 0.128. The van der Waals surface area contributed by atoms with E-state index in [9.17, 15) is 4.79 Å². The quantitative estimate of drug-likeness (QED) is 0.822. The number of hydrogen-bond donors (Lipinski definition) is 0. The van der Waals surface area contributed by atoms with Gasteiger partial charge in [0.25, 0.3) is 5.91 Å². The fourth-order valence-corrected chi connectivity index (χ4v) is 4.92. The van der Waals surface area contributed by atoms with Gasteiger partial charge < -0.3 is 19.0 Å². The number of likely N-dealkylation sites (tertiary alicyclic amines) is 2. The van der Waals surface area contributed by atoms with Gasteiger partial charge in [-0.2, -0.15) is 0 Å². The van der Waals surface area contributed by atoms with E-state index in [0.29, 0.717) is 5.92 Å². The number of aryl methyl sites for hydroxylation is 2. The Bertz CT molecular complexity index is 651. The minimum Gasteiger partial charge on any atom is -0.466 e. The monoisotopic (exact) mass is 346 g/mol. The van der Waals surface area contributed by atoms with Gasteiger partial charge in [0, 0.05) is 51.2 Å². The predicted octanol–water partition coefficient (Wildman–Crippen LogP) is 2.72. The summed E-state index contributed by atoms with van der Waals surface area (Å²) in [5.41, 5.74) is 0.929. The van der Waals surface area contributed by atoms with Crippen LogP contribution in [-0.2, 0) is 4.74 Å². The fourth-order valence-electron chi connectivity index (χ4n) is 4.92. The maximum Gasteiger partial charge on any atom is 0.257 e. The first kappa shape index (κ1) is 17.1. The molecule has 0 bridgehead atoms. The summed E-state index contributed by atoms with van der Waals surface area (Å²) in [5.74, 6) is 3.11. The number of methoxy groups -OCH3 is 1. The molecule has 138 valence electrons. The van der Waals surface area contributed by atoms with Gasteiger partial charge in [-0.1, -0.05) is 0 Å². The van der Waals surface area contributed by atoms with Crippen molar-refractivity contribution < 1.29 is 13.9 Å². The van der Waals surface area contributed by atoms with Crippen LogP contribution in [0.15, 0.2) is 10.5 Å². The molecule has 0 aromatic carbocycles. The van der Waals surface area contributed by atoms with Crippen molar-refractivity contribution in [3.05, 3.63) is 23.2 Å². The first-order chi connectivity index (χ1) is 12.0. The first-order valence-corrected chi connectivity index (χ1v) is 9.58. The molecule has 0 N–H and O–H groups in total. The van der Waals surface area contributed by atoms with E-state index < -0.39 is 0 Å². The van der Waals surface area contributed by atoms with Gasteiger partial charge in [0.1, 0.15) is 11.5 Å². The lowest BCUT2D eigenvalue weighted by Gasteiger charge is -2.30. The summed E-state index contributed by atoms with van der Waals surface area (Å²) in [7, 11) is 1.80. The molecule has 3 heterocycles. The second-order valence-corrected chi connectivity index (χ2v) is 8.46. The number of carbonyl (C=O) groups excluding carboxylic acids is 1. The highest BCUT2D eigenvalue weighted by Crippen LogP contribution is 2.45. The molecule has 2 aliphatic heterocycles. The van der Waals surface area contributed by atoms with Gasteiger partial charge in [-0.25, -0.2) is 0 Å². The van der Waals surface area contributed by atoms with Crippen molar-refractivity contribution in [2.75, 3.05) is 46.4 Å². The van der Waals surface area contributed by atoms with Crippen LogP contribution in [-0.4, -0.2) is 62.1 Å². The Labute approximate surface area is 150 Å². The average Bonchev–Trinajstić information content (AvgIpc) is 3.03. The molecule has 2 atom stereocenters. The van der Waals surface area contributed by atoms with E-state index in [1.165, 1.54) is 19.4 Å². The maximum absolute atomic E-state index is 13.0. The van der Waals surface area contributed by atoms with Crippen molar-refractivity contribution in [1.29, 1.82) is 0 Å². The molecule has 2 saturated heterocycles. The van der Waals surface area contributed by atoms with E-state index in [1.807, 2.05) is 24.8 Å². The largest absolute Gasteiger partial charge is 0.466 e. The van der Waals surface area contributed by atoms with E-state index in [2.05, 4.69) is 4.90 Å². The number of nitrogens with zero attached hydrogens (tertiary/aromatic N) is 2. The molecule has 0 radical (unpaired) electrons. The molecule has 1 saturated carbocycles. The van der Waals surface area contributed by atoms with Crippen LogP contribution in [0.3, 0.4) is 0 Å². The lowest BCUT2D eigenvalue weighted by Crippen LogP contribution is -2.38. The van der Waals surface area contributed by atoms with Gasteiger partial charge in [-0.3, -0.25) is 4.79 Å². The molecule has 5 nitrogen and oxygen atoms in total. The summed E-state index contributed by atoms with van der Waals surface area (Å²) in [6, 6.07) is 1.88. The highest BCUT2D eigenvalue weighted by atomic mass is 16.5. The van der Waals surface area contributed by atoms with Gasteiger partial charge in [-0.05, 0) is 45.1 Å². The molecule has 1 aromatic rings. The number of amides is 1. The number of furan rings is 1. The highest BCUT2D eigenvalue weighted by molar-refractivity contribution is 5.95. The summed E-state index contributed by atoms with van der Waals surface area (Å²) < 4.78 is 11.1. The molecule has 1 spiro atoms. The summed E-state index contributed by atoms with van der Waals surface area (Å²) in [6.07, 6.45) is 3.87. The van der Waals surface area contributed by atoms with Crippen LogP contribution < -0.4 is 0 Å². The normalized spacial score (nSPS) is 29.9. The zero-order valence-electron chi connectivity index (χ0n) is 15.7. The lowest BCUT2D eigenvalue weighted by molar-refractivity contribution is 0.0714. The molecule has 1 aliphatic carbocycles. The van der Waals surface area contributed by atoms with Crippen molar-refractivity contribution in [1.82, 2.24) is 9.80 Å². The second kappa shape index (κ2) is 6.44. The van der Waals surface area contributed by atoms with Gasteiger partial charge in [0.05, 0.1) is 12.2 Å². The number of ether oxygens (including phenoxy) is 1. The van der Waals surface area contributed by atoms with E-state index in [-0.39, 0.29) is 11.3 Å². The lowest BCUT2D eigenvalue weighted by atomic mass is 9.77. The maximum atomic E-state index is 13.0. The van der Waals surface area contributed by atoms with Gasteiger partial charge in [0.15, 0.2) is 0 Å². The van der Waals surface area contributed by atoms with Crippen LogP contribution in [0.5, 0.6) is 0 Å². The van der Waals surface area contributed by atoms with Crippen molar-refractivity contribution in [3.8, 4) is 0 Å². The zero-order chi connectivity index (χ0) is 17.6. The first-order valence-electron chi connectivity index (χ1n) is 9.58. The third-order valence-corrected chi connectivity index (χ3v) is 6.41. The Morgan fingerprint density at radius 1 is 1.36 bits per heavy atom. The Kier molecular flexibility index (Phi) is 4.40. The van der Waals surface area contributed by atoms with Crippen molar-refractivity contribution in [3.63, 3.8) is 0 Å². The molecule has 3 aliphatic rings. The summed E-state index contributed by atoms with van der Waals surface area (Å²) >= 11 is 0. The average molecular weight is 346 g/mol. The van der Waals surface area contributed by atoms with Crippen LogP contribution in [0, 0.1) is 31.1 Å². The number of hydrogen-bond acceptors (Lipinski definition) is 4. The minimum absolute atomic E-state index is 0.128. The Hall–Kier alpha value is -1.33. The van der Waals surface area contributed by atoms with Gasteiger partial charge in [-0.15, -0.1) is 0 Å². The van der Waals surface area contributed by atoms with E-state index >= 15 is 0 Å². The second-order valence-electron chi connectivity index (χ2n) is 8.46. The van der Waals surface area contributed by atoms with Crippen LogP contribution in [0.2, 0.25) is 0 Å². The molecule has 4 rings (SSSR count). The van der Waals surface area contributed by atoms with Crippen molar-refractivity contribution >= 4 is 5.91 Å². The van der Waals surface area contributed by atoms with E-state index in [1.54, 1.807) is 7.11 Å². The third-order valence-electron chi connectivity index (χ3n) is 6.41. The third kappa shape index (κ3) is 3.24. The van der Waals surface area contributed by atoms with Crippen LogP contribution in [0.1, 0.15) is 41.1 Å². The topological polar surface area (TPSA) is 45.9 Å². The Balaban J connectivity index is 1.48. The van der Waals surface area contributed by atoms with Gasteiger partial charge >= 0.3 is 0 Å². The molecule has 5 heteroatoms. The Morgan fingerprint density at radius 3 is 2.80 bits per heavy atom. The molecule has 0 unspecified atom stereocenters. The predicted molar refractivity (Wildman–Crippen MR) is 95.7 cm³/mol. The number of carbonyl (C=O) groups is 1. The van der Waals surface area contributed by atoms with E-state index in [0.717, 1.165) is 62.2 Å². The summed E-state index contributed by atoms with van der Waals surface area (Å²) in [4.78, 5) is 17.6. The Morgan fingerprint density at radius 2 is 2.16 bits per heavy atom. The summed E-state index contributed by atoms with van der Waals surface area (Å²) in [5, 5.41) is 0. The van der Waals surface area contributed by atoms with Crippen molar-refractivity contribution in [2.45, 2.75) is 33.1 Å². The smallest absolute Gasteiger partial charge is 0.257 e. The van der Waals surface area contributed by atoms with Crippen molar-refractivity contribution in [2.24, 2.45) is 17.3 Å². The molecular weight excluding hydrogens is 316 g/mol. The summed E-state index contributed by atoms with van der Waals surface area (Å²) in [6.45, 7) is 9.75. The molecule has 1 aromatic heterocycles. The molecule has 3 fully saturated rings. The fraction of sp³-hybridized carbons (Fsp3) is 0.750. The SMILES string of the molecule is COC[C@@H]1CN(CC2CC2)C[C@@]12CCN(C(=O)c1cc(C)oc1C)C2. The van der Waals surface area contributed by atoms with E-state index in [4.69, 9.17) is 9.15 Å². The molecule has 25 heavy (non-hydrogen) atoms. The van der Waals surface area contributed by atoms with Crippen LogP contribution in [0.25, 0.3) is 0 Å². The molecule has 1 amide bonds. The highest BCUT2D eigenvalue weighted by Gasteiger charge is 2.51. The van der Waals surface area contributed by atoms with Crippen LogP contribution in [0.4, 0.5) is 0 Å².